The van der Waals surface area contributed by atoms with Crippen LogP contribution < -0.4 is 0 Å². The van der Waals surface area contributed by atoms with E-state index >= 15 is 0 Å². The van der Waals surface area contributed by atoms with Gasteiger partial charge in [-0.15, -0.1) is 0 Å². The molecule has 6 rings (SSSR count). The Balaban J connectivity index is 1.11. The minimum atomic E-state index is -1.04. The summed E-state index contributed by atoms with van der Waals surface area (Å²) in [5.41, 5.74) is 0.239. The number of carbonyl (C=O) groups excluding carboxylic acids is 6. The average Bonchev–Trinajstić information content (AvgIpc) is 3.46. The Kier molecular flexibility index (Phi) is 7.51. The molecule has 228 valence electrons. The highest BCUT2D eigenvalue weighted by molar-refractivity contribution is 6.22. The van der Waals surface area contributed by atoms with E-state index in [1.54, 1.807) is 24.3 Å². The number of nitrogens with zero attached hydrogens (tertiary/aromatic N) is 4. The molecule has 4 aromatic rings. The second-order valence-corrected chi connectivity index (χ2v) is 9.89. The first kappa shape index (κ1) is 29.4. The zero-order valence-corrected chi connectivity index (χ0v) is 23.4. The van der Waals surface area contributed by atoms with Gasteiger partial charge in [0.2, 0.25) is 0 Å². The van der Waals surface area contributed by atoms with Crippen molar-refractivity contribution >= 4 is 46.9 Å². The lowest BCUT2D eigenvalue weighted by atomic mass is 10.1. The molecule has 0 radical (unpaired) electrons. The zero-order valence-electron chi connectivity index (χ0n) is 23.4. The smallest absolute Gasteiger partial charge is 0.343 e. The van der Waals surface area contributed by atoms with Gasteiger partial charge in [0.1, 0.15) is 22.6 Å². The second-order valence-electron chi connectivity index (χ2n) is 9.89. The van der Waals surface area contributed by atoms with Gasteiger partial charge in [0.25, 0.3) is 23.6 Å². The van der Waals surface area contributed by atoms with E-state index in [0.29, 0.717) is 0 Å². The number of aromatic hydroxyl groups is 2. The largest absolute Gasteiger partial charge is 0.507 e. The molecule has 0 bridgehead atoms. The summed E-state index contributed by atoms with van der Waals surface area (Å²) in [4.78, 5) is 77.0. The quantitative estimate of drug-likeness (QED) is 0.163. The van der Waals surface area contributed by atoms with Gasteiger partial charge in [-0.05, 0) is 60.7 Å². The van der Waals surface area contributed by atoms with Crippen LogP contribution in [-0.2, 0) is 9.47 Å². The van der Waals surface area contributed by atoms with Gasteiger partial charge in [0, 0.05) is 0 Å². The third-order valence-electron chi connectivity index (χ3n) is 7.09. The molecule has 0 aromatic heterocycles. The van der Waals surface area contributed by atoms with Crippen LogP contribution in [0.1, 0.15) is 62.1 Å². The normalized spacial score (nSPS) is 13.7. The van der Waals surface area contributed by atoms with E-state index in [2.05, 4.69) is 10.2 Å². The van der Waals surface area contributed by atoms with Crippen molar-refractivity contribution in [1.29, 1.82) is 0 Å². The minimum Gasteiger partial charge on any atom is -0.507 e. The van der Waals surface area contributed by atoms with E-state index in [9.17, 15) is 39.0 Å². The number of fused-ring (bicyclic) bond motifs is 2. The molecule has 0 saturated carbocycles. The molecule has 0 atom stereocenters. The number of phenols is 2. The Morgan fingerprint density at radius 1 is 0.543 bits per heavy atom. The van der Waals surface area contributed by atoms with Crippen LogP contribution in [0.25, 0.3) is 0 Å². The van der Waals surface area contributed by atoms with Crippen LogP contribution in [0.4, 0.5) is 11.4 Å². The van der Waals surface area contributed by atoms with Crippen molar-refractivity contribution in [3.8, 4) is 11.5 Å². The van der Waals surface area contributed by atoms with Crippen molar-refractivity contribution in [2.45, 2.75) is 0 Å². The van der Waals surface area contributed by atoms with E-state index in [1.807, 2.05) is 0 Å². The Morgan fingerprint density at radius 3 is 1.20 bits per heavy atom. The van der Waals surface area contributed by atoms with Crippen LogP contribution in [0.15, 0.2) is 95.2 Å². The van der Waals surface area contributed by atoms with Gasteiger partial charge in [-0.2, -0.15) is 10.2 Å². The SMILES string of the molecule is O=C(OCN1C(=O)c2ccccc2C1=O)c1cc(/N=N/c2ccc(O)c(C(=O)OCN3C(=O)c4ccccc4C3=O)c2)ccc1O. The summed E-state index contributed by atoms with van der Waals surface area (Å²) in [7, 11) is 0. The van der Waals surface area contributed by atoms with Gasteiger partial charge in [-0.1, -0.05) is 24.3 Å². The van der Waals surface area contributed by atoms with E-state index in [-0.39, 0.29) is 44.8 Å². The van der Waals surface area contributed by atoms with E-state index < -0.39 is 60.5 Å². The molecule has 2 heterocycles. The Bertz CT molecular complexity index is 1810. The number of hydrogen-bond acceptors (Lipinski definition) is 12. The van der Waals surface area contributed by atoms with Crippen LogP contribution >= 0.6 is 0 Å². The highest BCUT2D eigenvalue weighted by Crippen LogP contribution is 2.30. The summed E-state index contributed by atoms with van der Waals surface area (Å²) >= 11 is 0. The van der Waals surface area contributed by atoms with Crippen LogP contribution in [0.2, 0.25) is 0 Å². The standard InChI is InChI=1S/C32H20N4O10/c37-25-11-9-17(13-23(25)31(43)45-15-35-27(39)19-5-1-2-6-20(19)28(35)40)33-34-18-10-12-26(38)24(14-18)32(44)46-16-36-29(41)21-7-3-4-8-22(21)30(36)42/h1-14,37-38H,15-16H2/b34-33+. The summed E-state index contributed by atoms with van der Waals surface area (Å²) in [5.74, 6) is -5.50. The van der Waals surface area contributed by atoms with Gasteiger partial charge >= 0.3 is 11.9 Å². The number of esters is 2. The maximum Gasteiger partial charge on any atom is 0.343 e. The van der Waals surface area contributed by atoms with Gasteiger partial charge in [-0.3, -0.25) is 19.2 Å². The average molecular weight is 621 g/mol. The molecule has 0 saturated heterocycles. The number of benzene rings is 4. The van der Waals surface area contributed by atoms with Gasteiger partial charge in [-0.25, -0.2) is 19.4 Å². The Hall–Kier alpha value is -6.70. The number of hydrogen-bond donors (Lipinski definition) is 2. The van der Waals surface area contributed by atoms with Crippen LogP contribution in [0.3, 0.4) is 0 Å². The number of azo groups is 1. The molecule has 0 unspecified atom stereocenters. The molecule has 46 heavy (non-hydrogen) atoms. The molecule has 2 N–H and O–H groups in total. The van der Waals surface area contributed by atoms with Gasteiger partial charge in [0.15, 0.2) is 13.5 Å². The molecular formula is C32H20N4O10. The number of phenolic OH excluding ortho intramolecular Hbond substituents is 2. The summed E-state index contributed by atoms with van der Waals surface area (Å²) in [5, 5.41) is 28.4. The lowest BCUT2D eigenvalue weighted by Gasteiger charge is -2.14. The summed E-state index contributed by atoms with van der Waals surface area (Å²) in [6.07, 6.45) is 0. The first-order valence-electron chi connectivity index (χ1n) is 13.5. The second kappa shape index (κ2) is 11.8. The summed E-state index contributed by atoms with van der Waals surface area (Å²) < 4.78 is 10.2. The molecule has 0 fully saturated rings. The zero-order chi connectivity index (χ0) is 32.5. The molecule has 2 aliphatic heterocycles. The van der Waals surface area contributed by atoms with Crippen molar-refractivity contribution in [3.63, 3.8) is 0 Å². The van der Waals surface area contributed by atoms with Crippen molar-refractivity contribution in [3.05, 3.63) is 118 Å². The van der Waals surface area contributed by atoms with E-state index in [4.69, 9.17) is 9.47 Å². The monoisotopic (exact) mass is 620 g/mol. The third kappa shape index (κ3) is 5.30. The maximum absolute atomic E-state index is 12.7. The van der Waals surface area contributed by atoms with Crippen LogP contribution in [0.5, 0.6) is 11.5 Å². The number of ether oxygens (including phenoxy) is 2. The molecule has 14 heteroatoms. The van der Waals surface area contributed by atoms with E-state index in [0.717, 1.165) is 34.1 Å². The molecule has 0 spiro atoms. The predicted molar refractivity (Wildman–Crippen MR) is 155 cm³/mol. The molecule has 0 aliphatic carbocycles. The highest BCUT2D eigenvalue weighted by atomic mass is 16.6. The Morgan fingerprint density at radius 2 is 0.870 bits per heavy atom. The molecule has 4 amide bonds. The maximum atomic E-state index is 12.7. The van der Waals surface area contributed by atoms with Gasteiger partial charge in [0.05, 0.1) is 33.6 Å². The van der Waals surface area contributed by atoms with Gasteiger partial charge < -0.3 is 19.7 Å². The number of rotatable bonds is 8. The number of amides is 4. The van der Waals surface area contributed by atoms with Crippen LogP contribution in [0, 0.1) is 0 Å². The summed E-state index contributed by atoms with van der Waals surface area (Å²) in [6, 6.07) is 19.6. The van der Waals surface area contributed by atoms with Crippen molar-refractivity contribution in [2.24, 2.45) is 10.2 Å². The Labute approximate surface area is 258 Å². The van der Waals surface area contributed by atoms with Crippen LogP contribution in [-0.4, -0.2) is 69.0 Å². The van der Waals surface area contributed by atoms with Crippen molar-refractivity contribution < 1.29 is 48.5 Å². The first-order valence-corrected chi connectivity index (χ1v) is 13.5. The summed E-state index contributed by atoms with van der Waals surface area (Å²) in [6.45, 7) is -1.37. The first-order chi connectivity index (χ1) is 22.1. The molecule has 4 aromatic carbocycles. The molecule has 2 aliphatic rings. The fourth-order valence-corrected chi connectivity index (χ4v) is 4.73. The fraction of sp³-hybridized carbons (Fsp3) is 0.0625. The van der Waals surface area contributed by atoms with E-state index in [1.165, 1.54) is 36.4 Å². The minimum absolute atomic E-state index is 0.0771. The highest BCUT2D eigenvalue weighted by Gasteiger charge is 2.37. The van der Waals surface area contributed by atoms with Crippen molar-refractivity contribution in [2.75, 3.05) is 13.5 Å². The number of carbonyl (C=O) groups is 6. The lowest BCUT2D eigenvalue weighted by Crippen LogP contribution is -2.33. The third-order valence-corrected chi connectivity index (χ3v) is 7.09. The molecular weight excluding hydrogens is 600 g/mol. The number of imide groups is 2. The predicted octanol–water partition coefficient (Wildman–Crippen LogP) is 4.33. The topological polar surface area (TPSA) is 193 Å². The fourth-order valence-electron chi connectivity index (χ4n) is 4.73. The lowest BCUT2D eigenvalue weighted by molar-refractivity contribution is 0.0204. The van der Waals surface area contributed by atoms with Crippen molar-refractivity contribution in [1.82, 2.24) is 9.80 Å². The molecule has 14 nitrogen and oxygen atoms in total.